The second kappa shape index (κ2) is 4.02. The van der Waals surface area contributed by atoms with E-state index in [-0.39, 0.29) is 0 Å². The molecule has 0 atom stereocenters. The monoisotopic (exact) mass is 266 g/mol. The van der Waals surface area contributed by atoms with Gasteiger partial charge in [0.25, 0.3) is 0 Å². The lowest BCUT2D eigenvalue weighted by Crippen LogP contribution is -1.99. The molecule has 0 radical (unpaired) electrons. The van der Waals surface area contributed by atoms with E-state index in [1.54, 1.807) is 0 Å². The van der Waals surface area contributed by atoms with E-state index >= 15 is 0 Å². The minimum absolute atomic E-state index is 0.755. The molecule has 0 aliphatic rings. The van der Waals surface area contributed by atoms with Crippen LogP contribution in [0.4, 0.5) is 5.95 Å². The summed E-state index contributed by atoms with van der Waals surface area (Å²) in [6.07, 6.45) is 0. The first-order valence-electron chi connectivity index (χ1n) is 4.55. The van der Waals surface area contributed by atoms with Gasteiger partial charge in [-0.2, -0.15) is 0 Å². The van der Waals surface area contributed by atoms with E-state index in [1.807, 2.05) is 42.9 Å². The van der Waals surface area contributed by atoms with Crippen LogP contribution >= 0.6 is 15.9 Å². The third-order valence-corrected chi connectivity index (χ3v) is 2.67. The molecule has 1 heterocycles. The van der Waals surface area contributed by atoms with Crippen LogP contribution in [0.25, 0.3) is 11.4 Å². The van der Waals surface area contributed by atoms with Gasteiger partial charge in [-0.05, 0) is 12.1 Å². The van der Waals surface area contributed by atoms with Gasteiger partial charge in [0, 0.05) is 24.1 Å². The van der Waals surface area contributed by atoms with E-state index in [0.717, 1.165) is 21.8 Å². The summed E-state index contributed by atoms with van der Waals surface area (Å²) in [5.74, 6) is 1.60. The lowest BCUT2D eigenvalue weighted by Gasteiger charge is -2.03. The molecule has 1 N–H and O–H groups in total. The molecule has 15 heavy (non-hydrogen) atoms. The molecule has 0 amide bonds. The second-order valence-electron chi connectivity index (χ2n) is 3.17. The minimum atomic E-state index is 0.755. The molecule has 1 aromatic heterocycles. The molecule has 0 spiro atoms. The third-order valence-electron chi connectivity index (χ3n) is 2.18. The zero-order chi connectivity index (χ0) is 10.8. The number of benzene rings is 1. The molecular weight excluding hydrogens is 256 g/mol. The van der Waals surface area contributed by atoms with Crippen molar-refractivity contribution < 1.29 is 0 Å². The highest BCUT2D eigenvalue weighted by Crippen LogP contribution is 2.22. The fraction of sp³-hybridized carbons (Fsp3) is 0.200. The van der Waals surface area contributed by atoms with Gasteiger partial charge < -0.3 is 5.32 Å². The van der Waals surface area contributed by atoms with Crippen molar-refractivity contribution in [2.24, 2.45) is 7.05 Å². The van der Waals surface area contributed by atoms with Gasteiger partial charge in [0.15, 0.2) is 5.82 Å². The van der Waals surface area contributed by atoms with Gasteiger partial charge in [0.1, 0.15) is 0 Å². The maximum absolute atomic E-state index is 4.13. The van der Waals surface area contributed by atoms with Crippen molar-refractivity contribution in [1.82, 2.24) is 14.8 Å². The average Bonchev–Trinajstić information content (AvgIpc) is 2.59. The lowest BCUT2D eigenvalue weighted by atomic mass is 10.2. The van der Waals surface area contributed by atoms with Gasteiger partial charge >= 0.3 is 0 Å². The number of halogens is 1. The Hall–Kier alpha value is -1.36. The summed E-state index contributed by atoms with van der Waals surface area (Å²) in [5.41, 5.74) is 1.04. The summed E-state index contributed by atoms with van der Waals surface area (Å²) in [5, 5.41) is 11.1. The van der Waals surface area contributed by atoms with Gasteiger partial charge in [-0.3, -0.25) is 4.57 Å². The SMILES string of the molecule is CNc1nnc(-c2cccc(Br)c2)n1C. The Bertz CT molecular complexity index is 478. The summed E-state index contributed by atoms with van der Waals surface area (Å²) in [4.78, 5) is 0. The summed E-state index contributed by atoms with van der Waals surface area (Å²) in [7, 11) is 3.76. The summed E-state index contributed by atoms with van der Waals surface area (Å²) in [6.45, 7) is 0. The smallest absolute Gasteiger partial charge is 0.224 e. The molecule has 1 aromatic carbocycles. The number of hydrogen-bond donors (Lipinski definition) is 1. The molecule has 0 aliphatic carbocycles. The van der Waals surface area contributed by atoms with E-state index in [1.165, 1.54) is 0 Å². The van der Waals surface area contributed by atoms with E-state index < -0.39 is 0 Å². The first-order valence-corrected chi connectivity index (χ1v) is 5.34. The molecule has 0 saturated heterocycles. The maximum atomic E-state index is 4.13. The minimum Gasteiger partial charge on any atom is -0.357 e. The van der Waals surface area contributed by atoms with Crippen LogP contribution < -0.4 is 5.32 Å². The van der Waals surface area contributed by atoms with Crippen molar-refractivity contribution in [3.8, 4) is 11.4 Å². The fourth-order valence-corrected chi connectivity index (χ4v) is 1.83. The molecular formula is C10H11BrN4. The molecule has 0 unspecified atom stereocenters. The molecule has 0 aliphatic heterocycles. The van der Waals surface area contributed by atoms with Crippen LogP contribution in [0.3, 0.4) is 0 Å². The topological polar surface area (TPSA) is 42.7 Å². The quantitative estimate of drug-likeness (QED) is 0.907. The van der Waals surface area contributed by atoms with Crippen LogP contribution in [-0.4, -0.2) is 21.8 Å². The van der Waals surface area contributed by atoms with E-state index in [2.05, 4.69) is 31.4 Å². The summed E-state index contributed by atoms with van der Waals surface area (Å²) in [6, 6.07) is 7.99. The van der Waals surface area contributed by atoms with Crippen LogP contribution in [0, 0.1) is 0 Å². The van der Waals surface area contributed by atoms with E-state index in [4.69, 9.17) is 0 Å². The van der Waals surface area contributed by atoms with Crippen molar-refractivity contribution in [1.29, 1.82) is 0 Å². The molecule has 0 saturated carbocycles. The molecule has 78 valence electrons. The highest BCUT2D eigenvalue weighted by molar-refractivity contribution is 9.10. The standard InChI is InChI=1S/C10H11BrN4/c1-12-10-14-13-9(15(10)2)7-4-3-5-8(11)6-7/h3-6H,1-2H3,(H,12,14). The van der Waals surface area contributed by atoms with Crippen molar-refractivity contribution >= 4 is 21.9 Å². The Balaban J connectivity index is 2.49. The predicted octanol–water partition coefficient (Wildman–Crippen LogP) is 2.29. The molecule has 0 fully saturated rings. The number of hydrogen-bond acceptors (Lipinski definition) is 3. The van der Waals surface area contributed by atoms with Gasteiger partial charge in [0.05, 0.1) is 0 Å². The van der Waals surface area contributed by atoms with Crippen LogP contribution in [0.5, 0.6) is 0 Å². The van der Waals surface area contributed by atoms with E-state index in [9.17, 15) is 0 Å². The Kier molecular flexibility index (Phi) is 2.73. The zero-order valence-electron chi connectivity index (χ0n) is 8.53. The average molecular weight is 267 g/mol. The molecule has 2 rings (SSSR count). The largest absolute Gasteiger partial charge is 0.357 e. The van der Waals surface area contributed by atoms with Crippen LogP contribution in [0.1, 0.15) is 0 Å². The van der Waals surface area contributed by atoms with Gasteiger partial charge in [-0.1, -0.05) is 28.1 Å². The van der Waals surface area contributed by atoms with Gasteiger partial charge in [-0.15, -0.1) is 10.2 Å². The maximum Gasteiger partial charge on any atom is 0.224 e. The number of rotatable bonds is 2. The summed E-state index contributed by atoms with van der Waals surface area (Å²) < 4.78 is 2.95. The zero-order valence-corrected chi connectivity index (χ0v) is 10.1. The number of nitrogens with one attached hydrogen (secondary N) is 1. The molecule has 5 heteroatoms. The molecule has 0 bridgehead atoms. The van der Waals surface area contributed by atoms with Gasteiger partial charge in [-0.25, -0.2) is 0 Å². The van der Waals surface area contributed by atoms with Crippen molar-refractivity contribution in [3.05, 3.63) is 28.7 Å². The highest BCUT2D eigenvalue weighted by Gasteiger charge is 2.08. The first-order chi connectivity index (χ1) is 7.22. The van der Waals surface area contributed by atoms with Crippen LogP contribution in [0.2, 0.25) is 0 Å². The Morgan fingerprint density at radius 2 is 2.13 bits per heavy atom. The Morgan fingerprint density at radius 1 is 1.33 bits per heavy atom. The lowest BCUT2D eigenvalue weighted by molar-refractivity contribution is 0.925. The normalized spacial score (nSPS) is 10.3. The molecule has 4 nitrogen and oxygen atoms in total. The summed E-state index contributed by atoms with van der Waals surface area (Å²) >= 11 is 3.43. The third kappa shape index (κ3) is 1.87. The van der Waals surface area contributed by atoms with Gasteiger partial charge in [0.2, 0.25) is 5.95 Å². The van der Waals surface area contributed by atoms with E-state index in [0.29, 0.717) is 0 Å². The number of aromatic nitrogens is 3. The fourth-order valence-electron chi connectivity index (χ4n) is 1.43. The van der Waals surface area contributed by atoms with Crippen LogP contribution in [0.15, 0.2) is 28.7 Å². The number of nitrogens with zero attached hydrogens (tertiary/aromatic N) is 3. The second-order valence-corrected chi connectivity index (χ2v) is 4.08. The van der Waals surface area contributed by atoms with Crippen LogP contribution in [-0.2, 0) is 7.05 Å². The highest BCUT2D eigenvalue weighted by atomic mass is 79.9. The predicted molar refractivity (Wildman–Crippen MR) is 63.7 cm³/mol. The Morgan fingerprint density at radius 3 is 2.73 bits per heavy atom. The first kappa shape index (κ1) is 10.2. The van der Waals surface area contributed by atoms with Crippen molar-refractivity contribution in [2.75, 3.05) is 12.4 Å². The number of anilines is 1. The molecule has 2 aromatic rings. The van der Waals surface area contributed by atoms with Crippen molar-refractivity contribution in [3.63, 3.8) is 0 Å². The Labute approximate surface area is 96.5 Å². The van der Waals surface area contributed by atoms with Crippen molar-refractivity contribution in [2.45, 2.75) is 0 Å².